The van der Waals surface area contributed by atoms with Crippen LogP contribution < -0.4 is 5.32 Å². The van der Waals surface area contributed by atoms with Gasteiger partial charge in [-0.15, -0.1) is 0 Å². The molecule has 0 amide bonds. The van der Waals surface area contributed by atoms with Gasteiger partial charge in [0.1, 0.15) is 0 Å². The molecule has 0 aliphatic carbocycles. The summed E-state index contributed by atoms with van der Waals surface area (Å²) in [6, 6.07) is 13.9. The zero-order valence-corrected chi connectivity index (χ0v) is 12.6. The van der Waals surface area contributed by atoms with E-state index in [9.17, 15) is 0 Å². The number of halogens is 3. The third-order valence-corrected chi connectivity index (χ3v) is 3.89. The summed E-state index contributed by atoms with van der Waals surface area (Å²) >= 11 is 14.3. The molecule has 1 N–H and O–H groups in total. The van der Waals surface area contributed by atoms with Gasteiger partial charge < -0.3 is 5.32 Å². The van der Waals surface area contributed by atoms with E-state index in [1.54, 1.807) is 6.07 Å². The maximum absolute atomic E-state index is 6.09. The number of hydrogen-bond donors (Lipinski definition) is 1. The molecule has 2 aromatic carbocycles. The van der Waals surface area contributed by atoms with Gasteiger partial charge in [-0.1, -0.05) is 41.4 Å². The van der Waals surface area contributed by atoms with Crippen LogP contribution in [0.1, 0.15) is 5.56 Å². The Labute approximate surface area is 124 Å². The van der Waals surface area contributed by atoms with Crippen molar-refractivity contribution in [2.75, 3.05) is 5.32 Å². The van der Waals surface area contributed by atoms with Crippen LogP contribution in [0.4, 0.5) is 5.69 Å². The molecule has 2 aromatic rings. The van der Waals surface area contributed by atoms with Gasteiger partial charge in [-0.2, -0.15) is 0 Å². The van der Waals surface area contributed by atoms with Crippen LogP contribution in [0.25, 0.3) is 0 Å². The molecule has 0 aliphatic rings. The minimum absolute atomic E-state index is 0.569. The second-order valence-corrected chi connectivity index (χ2v) is 5.61. The van der Waals surface area contributed by atoms with Gasteiger partial charge in [-0.3, -0.25) is 0 Å². The van der Waals surface area contributed by atoms with Crippen LogP contribution in [-0.2, 0) is 6.54 Å². The Morgan fingerprint density at radius 3 is 2.41 bits per heavy atom. The second kappa shape index (κ2) is 5.94. The fourth-order valence-electron chi connectivity index (χ4n) is 1.44. The first-order valence-electron chi connectivity index (χ1n) is 5.09. The standard InChI is InChI=1S/C13H10Cl2IN/c14-11-2-1-3-12(13(11)15)17-8-9-4-6-10(16)7-5-9/h1-7,17H,8H2. The van der Waals surface area contributed by atoms with Gasteiger partial charge >= 0.3 is 0 Å². The zero-order valence-electron chi connectivity index (χ0n) is 8.88. The lowest BCUT2D eigenvalue weighted by Crippen LogP contribution is -1.99. The average molecular weight is 378 g/mol. The molecule has 2 rings (SSSR count). The van der Waals surface area contributed by atoms with Crippen LogP contribution in [0.3, 0.4) is 0 Å². The lowest BCUT2D eigenvalue weighted by atomic mass is 10.2. The molecule has 0 saturated carbocycles. The summed E-state index contributed by atoms with van der Waals surface area (Å²) in [4.78, 5) is 0. The molecule has 0 saturated heterocycles. The van der Waals surface area contributed by atoms with Gasteiger partial charge in [-0.25, -0.2) is 0 Å². The topological polar surface area (TPSA) is 12.0 Å². The Morgan fingerprint density at radius 2 is 1.71 bits per heavy atom. The highest BCUT2D eigenvalue weighted by atomic mass is 127. The number of benzene rings is 2. The maximum atomic E-state index is 6.09. The quantitative estimate of drug-likeness (QED) is 0.724. The molecule has 0 unspecified atom stereocenters. The lowest BCUT2D eigenvalue weighted by Gasteiger charge is -2.09. The molecule has 0 bridgehead atoms. The number of rotatable bonds is 3. The van der Waals surface area contributed by atoms with Gasteiger partial charge in [0.2, 0.25) is 0 Å². The van der Waals surface area contributed by atoms with E-state index in [1.807, 2.05) is 12.1 Å². The lowest BCUT2D eigenvalue weighted by molar-refractivity contribution is 1.15. The highest BCUT2D eigenvalue weighted by molar-refractivity contribution is 14.1. The number of anilines is 1. The van der Waals surface area contributed by atoms with E-state index in [0.717, 1.165) is 12.2 Å². The van der Waals surface area contributed by atoms with E-state index in [2.05, 4.69) is 52.2 Å². The van der Waals surface area contributed by atoms with Crippen molar-refractivity contribution in [3.8, 4) is 0 Å². The first-order chi connectivity index (χ1) is 8.16. The Balaban J connectivity index is 2.07. The third-order valence-electron chi connectivity index (χ3n) is 2.35. The minimum atomic E-state index is 0.569. The molecular formula is C13H10Cl2IN. The molecular weight excluding hydrogens is 368 g/mol. The highest BCUT2D eigenvalue weighted by Gasteiger charge is 2.03. The van der Waals surface area contributed by atoms with Crippen LogP contribution in [0.5, 0.6) is 0 Å². The number of nitrogens with one attached hydrogen (secondary N) is 1. The second-order valence-electron chi connectivity index (χ2n) is 3.58. The summed E-state index contributed by atoms with van der Waals surface area (Å²) in [7, 11) is 0. The SMILES string of the molecule is Clc1cccc(NCc2ccc(I)cc2)c1Cl. The summed E-state index contributed by atoms with van der Waals surface area (Å²) < 4.78 is 1.23. The predicted molar refractivity (Wildman–Crippen MR) is 82.9 cm³/mol. The van der Waals surface area contributed by atoms with Gasteiger partial charge in [0, 0.05) is 10.1 Å². The van der Waals surface area contributed by atoms with Crippen molar-refractivity contribution >= 4 is 51.5 Å². The van der Waals surface area contributed by atoms with Crippen molar-refractivity contribution in [1.82, 2.24) is 0 Å². The monoisotopic (exact) mass is 377 g/mol. The Hall–Kier alpha value is -0.450. The van der Waals surface area contributed by atoms with Crippen molar-refractivity contribution < 1.29 is 0 Å². The first-order valence-corrected chi connectivity index (χ1v) is 6.92. The molecule has 0 spiro atoms. The summed E-state index contributed by atoms with van der Waals surface area (Å²) in [5.74, 6) is 0. The van der Waals surface area contributed by atoms with Crippen molar-refractivity contribution in [3.05, 3.63) is 61.6 Å². The van der Waals surface area contributed by atoms with Crippen molar-refractivity contribution in [2.24, 2.45) is 0 Å². The van der Waals surface area contributed by atoms with E-state index < -0.39 is 0 Å². The Kier molecular flexibility index (Phi) is 4.54. The molecule has 0 radical (unpaired) electrons. The minimum Gasteiger partial charge on any atom is -0.380 e. The van der Waals surface area contributed by atoms with Gasteiger partial charge in [-0.05, 0) is 52.4 Å². The van der Waals surface area contributed by atoms with Crippen LogP contribution in [0.15, 0.2) is 42.5 Å². The summed E-state index contributed by atoms with van der Waals surface area (Å²) in [5, 5.41) is 4.41. The third kappa shape index (κ3) is 3.50. The van der Waals surface area contributed by atoms with E-state index in [0.29, 0.717) is 10.0 Å². The van der Waals surface area contributed by atoms with Gasteiger partial charge in [0.05, 0.1) is 15.7 Å². The Bertz CT molecular complexity index is 511. The molecule has 0 aromatic heterocycles. The van der Waals surface area contributed by atoms with Crippen molar-refractivity contribution in [3.63, 3.8) is 0 Å². The predicted octanol–water partition coefficient (Wildman–Crippen LogP) is 5.21. The molecule has 0 heterocycles. The summed E-state index contributed by atoms with van der Waals surface area (Å²) in [5.41, 5.74) is 2.07. The van der Waals surface area contributed by atoms with Crippen LogP contribution >= 0.6 is 45.8 Å². The molecule has 0 aliphatic heterocycles. The molecule has 1 nitrogen and oxygen atoms in total. The molecule has 4 heteroatoms. The normalized spacial score (nSPS) is 10.3. The van der Waals surface area contributed by atoms with Crippen LogP contribution in [0, 0.1) is 3.57 Å². The zero-order chi connectivity index (χ0) is 12.3. The van der Waals surface area contributed by atoms with E-state index in [4.69, 9.17) is 23.2 Å². The van der Waals surface area contributed by atoms with Gasteiger partial charge in [0.25, 0.3) is 0 Å². The van der Waals surface area contributed by atoms with Crippen LogP contribution in [-0.4, -0.2) is 0 Å². The van der Waals surface area contributed by atoms with E-state index in [1.165, 1.54) is 9.13 Å². The Morgan fingerprint density at radius 1 is 1.00 bits per heavy atom. The number of hydrogen-bond acceptors (Lipinski definition) is 1. The van der Waals surface area contributed by atoms with E-state index >= 15 is 0 Å². The average Bonchev–Trinajstić information content (AvgIpc) is 2.33. The smallest absolute Gasteiger partial charge is 0.0823 e. The maximum Gasteiger partial charge on any atom is 0.0823 e. The summed E-state index contributed by atoms with van der Waals surface area (Å²) in [6.07, 6.45) is 0. The van der Waals surface area contributed by atoms with Crippen molar-refractivity contribution in [1.29, 1.82) is 0 Å². The van der Waals surface area contributed by atoms with E-state index in [-0.39, 0.29) is 0 Å². The largest absolute Gasteiger partial charge is 0.380 e. The molecule has 0 fully saturated rings. The summed E-state index contributed by atoms with van der Waals surface area (Å²) in [6.45, 7) is 0.733. The van der Waals surface area contributed by atoms with Crippen LogP contribution in [0.2, 0.25) is 10.0 Å². The van der Waals surface area contributed by atoms with Gasteiger partial charge in [0.15, 0.2) is 0 Å². The fourth-order valence-corrected chi connectivity index (χ4v) is 2.17. The fraction of sp³-hybridized carbons (Fsp3) is 0.0769. The molecule has 0 atom stereocenters. The van der Waals surface area contributed by atoms with Crippen molar-refractivity contribution in [2.45, 2.75) is 6.54 Å². The molecule has 17 heavy (non-hydrogen) atoms. The first kappa shape index (κ1) is 13.0. The molecule has 88 valence electrons. The highest BCUT2D eigenvalue weighted by Crippen LogP contribution is 2.29.